The van der Waals surface area contributed by atoms with Crippen LogP contribution in [0.3, 0.4) is 0 Å². The third-order valence-corrected chi connectivity index (χ3v) is 8.81. The molecule has 5 rings (SSSR count). The maximum absolute atomic E-state index is 13.7. The van der Waals surface area contributed by atoms with Gasteiger partial charge in [0, 0.05) is 48.0 Å². The summed E-state index contributed by atoms with van der Waals surface area (Å²) < 4.78 is 79.8. The SMILES string of the molecule is CCC(=O)NS(=O)(=O)c1ccc(NCC#Cc2cc3c(Nc4ccc(N5CCOCC5)cc4)cccc3n2CC(F)(F)F)c(OC)c1. The lowest BCUT2D eigenvalue weighted by atomic mass is 10.2. The molecule has 3 aromatic carbocycles. The summed E-state index contributed by atoms with van der Waals surface area (Å²) in [6, 6.07) is 18.6. The summed E-state index contributed by atoms with van der Waals surface area (Å²) in [4.78, 5) is 13.7. The van der Waals surface area contributed by atoms with Crippen LogP contribution in [0.15, 0.2) is 71.6 Å². The van der Waals surface area contributed by atoms with Crippen molar-refractivity contribution in [3.8, 4) is 17.6 Å². The average Bonchev–Trinajstić information content (AvgIpc) is 3.40. The molecule has 1 aliphatic rings. The van der Waals surface area contributed by atoms with Crippen LogP contribution in [-0.4, -0.2) is 65.0 Å². The summed E-state index contributed by atoms with van der Waals surface area (Å²) in [7, 11) is -2.73. The van der Waals surface area contributed by atoms with E-state index in [0.29, 0.717) is 35.5 Å². The molecule has 0 atom stereocenters. The summed E-state index contributed by atoms with van der Waals surface area (Å²) >= 11 is 0. The van der Waals surface area contributed by atoms with Crippen molar-refractivity contribution in [3.63, 3.8) is 0 Å². The molecule has 4 aromatic rings. The number of hydrogen-bond donors (Lipinski definition) is 3. The molecule has 10 nitrogen and oxygen atoms in total. The van der Waals surface area contributed by atoms with Crippen molar-refractivity contribution in [1.82, 2.24) is 9.29 Å². The lowest BCUT2D eigenvalue weighted by molar-refractivity contribution is -0.140. The summed E-state index contributed by atoms with van der Waals surface area (Å²) in [5, 5.41) is 6.92. The second-order valence-electron chi connectivity index (χ2n) is 10.6. The predicted octanol–water partition coefficient (Wildman–Crippen LogP) is 5.47. The van der Waals surface area contributed by atoms with Crippen molar-refractivity contribution in [2.45, 2.75) is 31.0 Å². The minimum Gasteiger partial charge on any atom is -0.495 e. The number of morpholine rings is 1. The molecular formula is C33H34F3N5O5S. The van der Waals surface area contributed by atoms with Gasteiger partial charge in [0.25, 0.3) is 10.0 Å². The van der Waals surface area contributed by atoms with E-state index in [-0.39, 0.29) is 29.3 Å². The average molecular weight is 670 g/mol. The van der Waals surface area contributed by atoms with Crippen LogP contribution >= 0.6 is 0 Å². The van der Waals surface area contributed by atoms with Crippen molar-refractivity contribution in [2.24, 2.45) is 0 Å². The highest BCUT2D eigenvalue weighted by Gasteiger charge is 2.30. The zero-order valence-corrected chi connectivity index (χ0v) is 26.6. The number of rotatable bonds is 10. The van der Waals surface area contributed by atoms with Gasteiger partial charge in [-0.1, -0.05) is 18.9 Å². The Morgan fingerprint density at radius 1 is 1.02 bits per heavy atom. The number of halogens is 3. The topological polar surface area (TPSA) is 114 Å². The molecular weight excluding hydrogens is 635 g/mol. The van der Waals surface area contributed by atoms with Crippen molar-refractivity contribution in [3.05, 3.63) is 72.4 Å². The van der Waals surface area contributed by atoms with E-state index in [1.807, 2.05) is 29.0 Å². The van der Waals surface area contributed by atoms with Gasteiger partial charge >= 0.3 is 6.18 Å². The van der Waals surface area contributed by atoms with Crippen LogP contribution in [0.25, 0.3) is 10.9 Å². The fourth-order valence-corrected chi connectivity index (χ4v) is 6.19. The Bertz CT molecular complexity index is 1910. The van der Waals surface area contributed by atoms with Gasteiger partial charge in [0.1, 0.15) is 12.3 Å². The zero-order chi connectivity index (χ0) is 33.6. The number of carbonyl (C=O) groups excluding carboxylic acids is 1. The highest BCUT2D eigenvalue weighted by molar-refractivity contribution is 7.90. The lowest BCUT2D eigenvalue weighted by Gasteiger charge is -2.29. The van der Waals surface area contributed by atoms with E-state index in [0.717, 1.165) is 29.0 Å². The van der Waals surface area contributed by atoms with E-state index in [1.54, 1.807) is 24.3 Å². The fourth-order valence-electron chi connectivity index (χ4n) is 5.12. The first-order chi connectivity index (χ1) is 22.5. The number of alkyl halides is 3. The quantitative estimate of drug-likeness (QED) is 0.191. The molecule has 3 N–H and O–H groups in total. The lowest BCUT2D eigenvalue weighted by Crippen LogP contribution is -2.36. The molecule has 0 spiro atoms. The summed E-state index contributed by atoms with van der Waals surface area (Å²) in [5.74, 6) is 5.25. The number of nitrogens with one attached hydrogen (secondary N) is 3. The van der Waals surface area contributed by atoms with Gasteiger partial charge < -0.3 is 29.6 Å². The maximum atomic E-state index is 13.7. The van der Waals surface area contributed by atoms with Gasteiger partial charge in [-0.05, 0) is 60.5 Å². The number of methoxy groups -OCH3 is 1. The number of nitrogens with zero attached hydrogens (tertiary/aromatic N) is 2. The van der Waals surface area contributed by atoms with Crippen LogP contribution in [0, 0.1) is 11.8 Å². The number of fused-ring (bicyclic) bond motifs is 1. The fraction of sp³-hybridized carbons (Fsp3) is 0.303. The van der Waals surface area contributed by atoms with Crippen LogP contribution in [-0.2, 0) is 26.1 Å². The second kappa shape index (κ2) is 14.3. The Hall–Kier alpha value is -4.87. The molecule has 0 aliphatic carbocycles. The standard InChI is InChI=1S/C33H34F3N5O5S/c1-3-32(42)39-47(43,44)26-13-14-29(31(21-26)45-2)37-15-5-6-25-20-27-28(7-4-8-30(27)41(25)22-33(34,35)36)38-23-9-11-24(12-10-23)40-16-18-46-19-17-40/h4,7-14,20-21,37-38H,3,15-19,22H2,1-2H3,(H,39,42). The number of sulfonamides is 1. The van der Waals surface area contributed by atoms with Crippen molar-refractivity contribution < 1.29 is 35.9 Å². The highest BCUT2D eigenvalue weighted by Crippen LogP contribution is 2.32. The molecule has 0 unspecified atom stereocenters. The number of amides is 1. The van der Waals surface area contributed by atoms with E-state index in [1.165, 1.54) is 32.2 Å². The van der Waals surface area contributed by atoms with Crippen LogP contribution < -0.4 is 25.0 Å². The number of benzene rings is 3. The molecule has 0 saturated carbocycles. The second-order valence-corrected chi connectivity index (χ2v) is 12.3. The third-order valence-electron chi connectivity index (χ3n) is 7.44. The smallest absolute Gasteiger partial charge is 0.406 e. The van der Waals surface area contributed by atoms with Gasteiger partial charge in [-0.3, -0.25) is 4.79 Å². The molecule has 0 radical (unpaired) electrons. The third kappa shape index (κ3) is 8.30. The molecule has 1 aromatic heterocycles. The summed E-state index contributed by atoms with van der Waals surface area (Å²) in [6.45, 7) is 3.29. The Morgan fingerprint density at radius 3 is 2.45 bits per heavy atom. The van der Waals surface area contributed by atoms with Crippen LogP contribution in [0.1, 0.15) is 19.0 Å². The molecule has 0 bridgehead atoms. The monoisotopic (exact) mass is 669 g/mol. The van der Waals surface area contributed by atoms with Gasteiger partial charge in [-0.15, -0.1) is 0 Å². The molecule has 1 saturated heterocycles. The van der Waals surface area contributed by atoms with Crippen molar-refractivity contribution in [1.29, 1.82) is 0 Å². The Morgan fingerprint density at radius 2 is 1.77 bits per heavy atom. The summed E-state index contributed by atoms with van der Waals surface area (Å²) in [5.41, 5.74) is 3.46. The van der Waals surface area contributed by atoms with E-state index in [4.69, 9.17) is 9.47 Å². The minimum atomic E-state index is -4.48. The van der Waals surface area contributed by atoms with Crippen LogP contribution in [0.2, 0.25) is 0 Å². The number of ether oxygens (including phenoxy) is 2. The van der Waals surface area contributed by atoms with E-state index in [2.05, 4.69) is 27.4 Å². The molecule has 2 heterocycles. The van der Waals surface area contributed by atoms with Gasteiger partial charge in [-0.25, -0.2) is 13.1 Å². The molecule has 47 heavy (non-hydrogen) atoms. The molecule has 1 fully saturated rings. The molecule has 248 valence electrons. The van der Waals surface area contributed by atoms with Gasteiger partial charge in [0.05, 0.1) is 48.7 Å². The number of anilines is 4. The van der Waals surface area contributed by atoms with Crippen molar-refractivity contribution in [2.75, 3.05) is 55.5 Å². The molecule has 1 aliphatic heterocycles. The Labute approximate surface area is 270 Å². The first kappa shape index (κ1) is 33.5. The minimum absolute atomic E-state index is 0.00205. The first-order valence-electron chi connectivity index (χ1n) is 14.8. The maximum Gasteiger partial charge on any atom is 0.406 e. The predicted molar refractivity (Wildman–Crippen MR) is 175 cm³/mol. The van der Waals surface area contributed by atoms with Gasteiger partial charge in [0.15, 0.2) is 0 Å². The largest absolute Gasteiger partial charge is 0.495 e. The van der Waals surface area contributed by atoms with Crippen LogP contribution in [0.5, 0.6) is 5.75 Å². The van der Waals surface area contributed by atoms with Gasteiger partial charge in [0.2, 0.25) is 5.91 Å². The van der Waals surface area contributed by atoms with E-state index < -0.39 is 28.7 Å². The van der Waals surface area contributed by atoms with Crippen molar-refractivity contribution >= 4 is 49.6 Å². The number of carbonyl (C=O) groups is 1. The highest BCUT2D eigenvalue weighted by atomic mass is 32.2. The molecule has 1 amide bonds. The van der Waals surface area contributed by atoms with Crippen LogP contribution in [0.4, 0.5) is 35.9 Å². The number of hydrogen-bond acceptors (Lipinski definition) is 8. The number of aromatic nitrogens is 1. The molecule has 14 heteroatoms. The first-order valence-corrected chi connectivity index (χ1v) is 16.3. The Balaban J connectivity index is 1.36. The zero-order valence-electron chi connectivity index (χ0n) is 25.8. The van der Waals surface area contributed by atoms with E-state index >= 15 is 0 Å². The van der Waals surface area contributed by atoms with Gasteiger partial charge in [-0.2, -0.15) is 13.2 Å². The normalized spacial score (nSPS) is 13.5. The van der Waals surface area contributed by atoms with E-state index in [9.17, 15) is 26.4 Å². The Kier molecular flexibility index (Phi) is 10.2. The summed E-state index contributed by atoms with van der Waals surface area (Å²) in [6.07, 6.45) is -4.48.